The van der Waals surface area contributed by atoms with Gasteiger partial charge in [-0.1, -0.05) is 11.6 Å². The van der Waals surface area contributed by atoms with Gasteiger partial charge in [0, 0.05) is 31.9 Å². The zero-order valence-electron chi connectivity index (χ0n) is 11.5. The van der Waals surface area contributed by atoms with E-state index in [0.717, 1.165) is 0 Å². The average Bonchev–Trinajstić information content (AvgIpc) is 2.95. The Kier molecular flexibility index (Phi) is 3.93. The van der Waals surface area contributed by atoms with Gasteiger partial charge in [0.2, 0.25) is 12.7 Å². The van der Waals surface area contributed by atoms with Gasteiger partial charge in [0.1, 0.15) is 0 Å². The van der Waals surface area contributed by atoms with Gasteiger partial charge in [-0.15, -0.1) is 0 Å². The van der Waals surface area contributed by atoms with Gasteiger partial charge >= 0.3 is 0 Å². The zero-order valence-corrected chi connectivity index (χ0v) is 12.2. The van der Waals surface area contributed by atoms with E-state index < -0.39 is 5.41 Å². The molecule has 0 aromatic heterocycles. The highest BCUT2D eigenvalue weighted by Gasteiger charge is 2.39. The first-order valence-electron chi connectivity index (χ1n) is 6.83. The topological polar surface area (TPSA) is 82.8 Å². The van der Waals surface area contributed by atoms with Gasteiger partial charge in [0.15, 0.2) is 11.5 Å². The first-order valence-corrected chi connectivity index (χ1v) is 7.21. The number of carbonyl (C=O) groups is 1. The van der Waals surface area contributed by atoms with E-state index in [1.807, 2.05) is 0 Å². The van der Waals surface area contributed by atoms with Crippen LogP contribution in [0.2, 0.25) is 5.02 Å². The number of benzene rings is 1. The third kappa shape index (κ3) is 2.66. The fourth-order valence-corrected chi connectivity index (χ4v) is 2.75. The van der Waals surface area contributed by atoms with Crippen molar-refractivity contribution in [3.63, 3.8) is 0 Å². The van der Waals surface area contributed by atoms with Gasteiger partial charge < -0.3 is 25.3 Å². The van der Waals surface area contributed by atoms with E-state index >= 15 is 0 Å². The molecule has 0 atom stereocenters. The van der Waals surface area contributed by atoms with Crippen molar-refractivity contribution in [2.45, 2.75) is 12.8 Å². The van der Waals surface area contributed by atoms with Crippen LogP contribution in [0.4, 0.5) is 5.69 Å². The molecule has 7 heteroatoms. The molecule has 6 nitrogen and oxygen atoms in total. The number of amides is 1. The van der Waals surface area contributed by atoms with E-state index in [9.17, 15) is 4.79 Å². The summed E-state index contributed by atoms with van der Waals surface area (Å²) in [5, 5.41) is 3.27. The summed E-state index contributed by atoms with van der Waals surface area (Å²) in [4.78, 5) is 12.6. The van der Waals surface area contributed by atoms with Crippen molar-refractivity contribution in [3.8, 4) is 11.5 Å². The van der Waals surface area contributed by atoms with Crippen LogP contribution in [0, 0.1) is 5.41 Å². The second-order valence-corrected chi connectivity index (χ2v) is 5.64. The van der Waals surface area contributed by atoms with Crippen molar-refractivity contribution in [1.82, 2.24) is 0 Å². The maximum Gasteiger partial charge on any atom is 0.232 e. The molecule has 0 unspecified atom stereocenters. The molecule has 1 aromatic rings. The molecule has 3 rings (SSSR count). The second kappa shape index (κ2) is 5.71. The van der Waals surface area contributed by atoms with Crippen molar-refractivity contribution in [2.75, 3.05) is 31.9 Å². The Balaban J connectivity index is 1.81. The lowest BCUT2D eigenvalue weighted by molar-refractivity contribution is -0.130. The number of hydrogen-bond acceptors (Lipinski definition) is 5. The van der Waals surface area contributed by atoms with E-state index in [4.69, 9.17) is 31.5 Å². The summed E-state index contributed by atoms with van der Waals surface area (Å²) < 4.78 is 15.8. The Morgan fingerprint density at radius 2 is 1.95 bits per heavy atom. The van der Waals surface area contributed by atoms with Crippen molar-refractivity contribution in [1.29, 1.82) is 0 Å². The number of carbonyl (C=O) groups excluding carboxylic acids is 1. The molecule has 0 bridgehead atoms. The predicted molar refractivity (Wildman–Crippen MR) is 77.7 cm³/mol. The maximum atomic E-state index is 12.6. The van der Waals surface area contributed by atoms with E-state index in [1.165, 1.54) is 0 Å². The molecule has 0 spiro atoms. The molecule has 2 aliphatic rings. The first-order chi connectivity index (χ1) is 10.1. The number of nitrogens with two attached hydrogens (primary N) is 1. The Bertz CT molecular complexity index is 558. The van der Waals surface area contributed by atoms with E-state index in [-0.39, 0.29) is 19.2 Å². The summed E-state index contributed by atoms with van der Waals surface area (Å²) in [6.45, 7) is 1.52. The fraction of sp³-hybridized carbons (Fsp3) is 0.500. The molecule has 114 valence electrons. The van der Waals surface area contributed by atoms with Gasteiger partial charge in [0.05, 0.1) is 16.1 Å². The quantitative estimate of drug-likeness (QED) is 0.888. The summed E-state index contributed by atoms with van der Waals surface area (Å²) in [5.41, 5.74) is 5.73. The lowest BCUT2D eigenvalue weighted by Crippen LogP contribution is -2.46. The highest BCUT2D eigenvalue weighted by molar-refractivity contribution is 6.34. The third-order valence-corrected chi connectivity index (χ3v) is 4.35. The van der Waals surface area contributed by atoms with Crippen molar-refractivity contribution in [2.24, 2.45) is 11.1 Å². The molecule has 0 radical (unpaired) electrons. The van der Waals surface area contributed by atoms with E-state index in [0.29, 0.717) is 48.3 Å². The summed E-state index contributed by atoms with van der Waals surface area (Å²) in [6.07, 6.45) is 1.22. The smallest absolute Gasteiger partial charge is 0.232 e. The zero-order chi connectivity index (χ0) is 14.9. The molecule has 1 fully saturated rings. The molecule has 0 saturated carbocycles. The summed E-state index contributed by atoms with van der Waals surface area (Å²) >= 11 is 6.17. The minimum absolute atomic E-state index is 0.130. The van der Waals surface area contributed by atoms with Crippen LogP contribution >= 0.6 is 11.6 Å². The van der Waals surface area contributed by atoms with Crippen molar-refractivity contribution >= 4 is 23.2 Å². The highest BCUT2D eigenvalue weighted by atomic mass is 35.5. The van der Waals surface area contributed by atoms with E-state index in [1.54, 1.807) is 12.1 Å². The Morgan fingerprint density at radius 1 is 1.29 bits per heavy atom. The number of nitrogens with one attached hydrogen (secondary N) is 1. The summed E-state index contributed by atoms with van der Waals surface area (Å²) in [7, 11) is 0. The standard InChI is InChI=1S/C14H17ClN2O4/c15-9-5-11-12(21-8-20-11)6-10(9)17-13(18)14(7-16)1-3-19-4-2-14/h5-6H,1-4,7-8,16H2,(H,17,18). The van der Waals surface area contributed by atoms with E-state index in [2.05, 4.69) is 5.32 Å². The Hall–Kier alpha value is -1.50. The fourth-order valence-electron chi connectivity index (χ4n) is 2.55. The van der Waals surface area contributed by atoms with Crippen LogP contribution in [0.5, 0.6) is 11.5 Å². The van der Waals surface area contributed by atoms with Crippen LogP contribution in [0.1, 0.15) is 12.8 Å². The van der Waals surface area contributed by atoms with Crippen LogP contribution in [0.3, 0.4) is 0 Å². The highest BCUT2D eigenvalue weighted by Crippen LogP contribution is 2.40. The number of fused-ring (bicyclic) bond motifs is 1. The largest absolute Gasteiger partial charge is 0.454 e. The number of rotatable bonds is 3. The molecule has 2 aliphatic heterocycles. The predicted octanol–water partition coefficient (Wildman–Crippen LogP) is 1.76. The number of ether oxygens (including phenoxy) is 3. The molecule has 2 heterocycles. The van der Waals surface area contributed by atoms with Crippen molar-refractivity contribution in [3.05, 3.63) is 17.2 Å². The molecular formula is C14H17ClN2O4. The SMILES string of the molecule is NCC1(C(=O)Nc2cc3c(cc2Cl)OCO3)CCOCC1. The molecule has 21 heavy (non-hydrogen) atoms. The lowest BCUT2D eigenvalue weighted by atomic mass is 9.79. The summed E-state index contributed by atoms with van der Waals surface area (Å²) in [6, 6.07) is 3.31. The normalized spacial score (nSPS) is 19.3. The third-order valence-electron chi connectivity index (χ3n) is 4.03. The first kappa shape index (κ1) is 14.4. The molecular weight excluding hydrogens is 296 g/mol. The van der Waals surface area contributed by atoms with Crippen LogP contribution in [0.15, 0.2) is 12.1 Å². The van der Waals surface area contributed by atoms with Gasteiger partial charge in [-0.05, 0) is 12.8 Å². The molecule has 0 aliphatic carbocycles. The molecule has 3 N–H and O–H groups in total. The lowest BCUT2D eigenvalue weighted by Gasteiger charge is -2.34. The minimum atomic E-state index is -0.599. The minimum Gasteiger partial charge on any atom is -0.454 e. The van der Waals surface area contributed by atoms with Crippen LogP contribution < -0.4 is 20.5 Å². The number of hydrogen-bond donors (Lipinski definition) is 2. The molecule has 1 saturated heterocycles. The number of halogens is 1. The van der Waals surface area contributed by atoms with Gasteiger partial charge in [-0.3, -0.25) is 4.79 Å². The number of anilines is 1. The van der Waals surface area contributed by atoms with Crippen LogP contribution in [-0.4, -0.2) is 32.5 Å². The maximum absolute atomic E-state index is 12.6. The monoisotopic (exact) mass is 312 g/mol. The van der Waals surface area contributed by atoms with Crippen LogP contribution in [-0.2, 0) is 9.53 Å². The van der Waals surface area contributed by atoms with Gasteiger partial charge in [0.25, 0.3) is 0 Å². The average molecular weight is 313 g/mol. The van der Waals surface area contributed by atoms with Gasteiger partial charge in [-0.2, -0.15) is 0 Å². The Morgan fingerprint density at radius 3 is 2.62 bits per heavy atom. The second-order valence-electron chi connectivity index (χ2n) is 5.24. The molecule has 1 aromatic carbocycles. The summed E-state index contributed by atoms with van der Waals surface area (Å²) in [5.74, 6) is 1.02. The Labute approximate surface area is 127 Å². The van der Waals surface area contributed by atoms with Crippen molar-refractivity contribution < 1.29 is 19.0 Å². The van der Waals surface area contributed by atoms with Gasteiger partial charge in [-0.25, -0.2) is 0 Å². The van der Waals surface area contributed by atoms with Crippen LogP contribution in [0.25, 0.3) is 0 Å². The molecule has 1 amide bonds.